The molecule has 2 heterocycles. The van der Waals surface area contributed by atoms with Crippen LogP contribution < -0.4 is 5.32 Å². The molecule has 5 nitrogen and oxygen atoms in total. The topological polar surface area (TPSA) is 61.8 Å². The number of imide groups is 1. The summed E-state index contributed by atoms with van der Waals surface area (Å²) in [5.74, 6) is -0.568. The first-order chi connectivity index (χ1) is 9.04. The maximum atomic E-state index is 11.6. The number of rotatable bonds is 1. The van der Waals surface area contributed by atoms with Crippen molar-refractivity contribution in [1.82, 2.24) is 10.2 Å². The number of nitrogens with zero attached hydrogens (tertiary/aromatic N) is 2. The number of aliphatic imine (C=N–C) groups is 1. The van der Waals surface area contributed by atoms with Gasteiger partial charge in [-0.2, -0.15) is 0 Å². The van der Waals surface area contributed by atoms with Crippen LogP contribution in [0.2, 0.25) is 10.0 Å². The number of halogens is 2. The number of carbonyl (C=O) groups excluding carboxylic acids is 2. The highest BCUT2D eigenvalue weighted by atomic mass is 35.5. The van der Waals surface area contributed by atoms with E-state index in [0.29, 0.717) is 22.3 Å². The van der Waals surface area contributed by atoms with Gasteiger partial charge in [0.1, 0.15) is 6.04 Å². The summed E-state index contributed by atoms with van der Waals surface area (Å²) in [7, 11) is 0. The van der Waals surface area contributed by atoms with E-state index in [9.17, 15) is 9.59 Å². The maximum absolute atomic E-state index is 11.6. The number of hydrogen-bond donors (Lipinski definition) is 1. The number of hydrogen-bond acceptors (Lipinski definition) is 4. The predicted octanol–water partition coefficient (Wildman–Crippen LogP) is 1.88. The Hall–Kier alpha value is -1.59. The van der Waals surface area contributed by atoms with Crippen LogP contribution in [0.25, 0.3) is 0 Å². The third kappa shape index (κ3) is 2.19. The summed E-state index contributed by atoms with van der Waals surface area (Å²) in [6.45, 7) is 0.431. The van der Waals surface area contributed by atoms with Crippen molar-refractivity contribution in [3.05, 3.63) is 27.7 Å². The van der Waals surface area contributed by atoms with Crippen LogP contribution in [0.3, 0.4) is 0 Å². The summed E-state index contributed by atoms with van der Waals surface area (Å²) in [5, 5.41) is 3.30. The van der Waals surface area contributed by atoms with Gasteiger partial charge in [0.2, 0.25) is 11.8 Å². The molecule has 1 unspecified atom stereocenters. The molecule has 0 radical (unpaired) electrons. The molecule has 1 aromatic carbocycles. The standard InChI is InChI=1S/C12H9Cl2N3O2/c13-6-1-8(14)7-4-17(5-15-9(7)2-6)10-3-11(18)16-12(10)19/h1-2,5,10H,3-4H2,(H,16,18,19). The van der Waals surface area contributed by atoms with Crippen molar-refractivity contribution in [1.29, 1.82) is 0 Å². The molecule has 1 saturated heterocycles. The molecule has 3 rings (SSSR count). The Morgan fingerprint density at radius 1 is 1.32 bits per heavy atom. The van der Waals surface area contributed by atoms with E-state index < -0.39 is 6.04 Å². The van der Waals surface area contributed by atoms with Crippen LogP contribution in [-0.2, 0) is 16.1 Å². The molecule has 0 spiro atoms. The fourth-order valence-electron chi connectivity index (χ4n) is 2.22. The van der Waals surface area contributed by atoms with Crippen molar-refractivity contribution in [2.45, 2.75) is 19.0 Å². The molecule has 2 aliphatic heterocycles. The minimum Gasteiger partial charge on any atom is -0.346 e. The van der Waals surface area contributed by atoms with Crippen LogP contribution in [0, 0.1) is 0 Å². The molecule has 2 amide bonds. The molecular weight excluding hydrogens is 289 g/mol. The maximum Gasteiger partial charge on any atom is 0.249 e. The SMILES string of the molecule is O=C1CC(N2C=Nc3cc(Cl)cc(Cl)c3C2)C(=O)N1. The minimum absolute atomic E-state index is 0.144. The fraction of sp³-hybridized carbons (Fsp3) is 0.250. The molecule has 0 aliphatic carbocycles. The van der Waals surface area contributed by atoms with Crippen molar-refractivity contribution >= 4 is 47.0 Å². The van der Waals surface area contributed by atoms with E-state index in [1.54, 1.807) is 23.4 Å². The molecule has 0 aromatic heterocycles. The predicted molar refractivity (Wildman–Crippen MR) is 71.7 cm³/mol. The fourth-order valence-corrected chi connectivity index (χ4v) is 2.76. The third-order valence-corrected chi connectivity index (χ3v) is 3.72. The molecule has 98 valence electrons. The van der Waals surface area contributed by atoms with E-state index in [-0.39, 0.29) is 18.2 Å². The molecule has 1 N–H and O–H groups in total. The van der Waals surface area contributed by atoms with Crippen LogP contribution in [-0.4, -0.2) is 29.1 Å². The van der Waals surface area contributed by atoms with E-state index in [4.69, 9.17) is 23.2 Å². The smallest absolute Gasteiger partial charge is 0.249 e. The normalized spacial score (nSPS) is 21.6. The highest BCUT2D eigenvalue weighted by Gasteiger charge is 2.35. The monoisotopic (exact) mass is 297 g/mol. The Morgan fingerprint density at radius 2 is 2.11 bits per heavy atom. The molecule has 1 atom stereocenters. The largest absolute Gasteiger partial charge is 0.346 e. The lowest BCUT2D eigenvalue weighted by atomic mass is 10.1. The van der Waals surface area contributed by atoms with Gasteiger partial charge in [0.25, 0.3) is 0 Å². The Balaban J connectivity index is 1.91. The Bertz CT molecular complexity index is 615. The van der Waals surface area contributed by atoms with Gasteiger partial charge in [0, 0.05) is 22.2 Å². The Kier molecular flexibility index (Phi) is 2.95. The van der Waals surface area contributed by atoms with Gasteiger partial charge >= 0.3 is 0 Å². The molecule has 0 saturated carbocycles. The van der Waals surface area contributed by atoms with Crippen LogP contribution in [0.1, 0.15) is 12.0 Å². The van der Waals surface area contributed by atoms with Gasteiger partial charge in [-0.15, -0.1) is 0 Å². The van der Waals surface area contributed by atoms with E-state index in [1.165, 1.54) is 0 Å². The summed E-state index contributed by atoms with van der Waals surface area (Å²) >= 11 is 12.0. The summed E-state index contributed by atoms with van der Waals surface area (Å²) < 4.78 is 0. The molecule has 2 aliphatic rings. The van der Waals surface area contributed by atoms with Gasteiger partial charge in [-0.1, -0.05) is 23.2 Å². The van der Waals surface area contributed by atoms with Crippen LogP contribution in [0.4, 0.5) is 5.69 Å². The van der Waals surface area contributed by atoms with Crippen molar-refractivity contribution in [3.63, 3.8) is 0 Å². The van der Waals surface area contributed by atoms with E-state index in [0.717, 1.165) is 5.56 Å². The average Bonchev–Trinajstić information content (AvgIpc) is 2.68. The first-order valence-electron chi connectivity index (χ1n) is 5.66. The highest BCUT2D eigenvalue weighted by molar-refractivity contribution is 6.35. The zero-order chi connectivity index (χ0) is 13.6. The van der Waals surface area contributed by atoms with E-state index >= 15 is 0 Å². The zero-order valence-electron chi connectivity index (χ0n) is 9.69. The van der Waals surface area contributed by atoms with Crippen LogP contribution >= 0.6 is 23.2 Å². The number of nitrogens with one attached hydrogen (secondary N) is 1. The second kappa shape index (κ2) is 4.51. The second-order valence-corrected chi connectivity index (χ2v) is 5.28. The quantitative estimate of drug-likeness (QED) is 0.805. The Morgan fingerprint density at radius 3 is 2.79 bits per heavy atom. The average molecular weight is 298 g/mol. The number of fused-ring (bicyclic) bond motifs is 1. The molecule has 19 heavy (non-hydrogen) atoms. The lowest BCUT2D eigenvalue weighted by Crippen LogP contribution is -2.40. The summed E-state index contributed by atoms with van der Waals surface area (Å²) in [5.41, 5.74) is 1.50. The summed E-state index contributed by atoms with van der Waals surface area (Å²) in [4.78, 5) is 28.8. The van der Waals surface area contributed by atoms with Gasteiger partial charge in [-0.3, -0.25) is 14.9 Å². The molecule has 0 bridgehead atoms. The van der Waals surface area contributed by atoms with Crippen molar-refractivity contribution in [2.24, 2.45) is 4.99 Å². The van der Waals surface area contributed by atoms with Crippen molar-refractivity contribution < 1.29 is 9.59 Å². The Labute approximate surface area is 119 Å². The van der Waals surface area contributed by atoms with E-state index in [1.807, 2.05) is 0 Å². The molecule has 1 aromatic rings. The summed E-state index contributed by atoms with van der Waals surface area (Å²) in [6, 6.07) is 2.84. The van der Waals surface area contributed by atoms with Gasteiger partial charge in [-0.05, 0) is 12.1 Å². The number of carbonyl (C=O) groups is 2. The lowest BCUT2D eigenvalue weighted by molar-refractivity contribution is -0.125. The molecular formula is C12H9Cl2N3O2. The first kappa shape index (κ1) is 12.4. The molecule has 1 fully saturated rings. The second-order valence-electron chi connectivity index (χ2n) is 4.43. The number of amides is 2. The van der Waals surface area contributed by atoms with Gasteiger partial charge in [0.05, 0.1) is 18.4 Å². The van der Waals surface area contributed by atoms with Crippen LogP contribution in [0.5, 0.6) is 0 Å². The first-order valence-corrected chi connectivity index (χ1v) is 6.42. The zero-order valence-corrected chi connectivity index (χ0v) is 11.2. The highest BCUT2D eigenvalue weighted by Crippen LogP contribution is 2.34. The van der Waals surface area contributed by atoms with Crippen molar-refractivity contribution in [3.8, 4) is 0 Å². The van der Waals surface area contributed by atoms with Crippen molar-refractivity contribution in [2.75, 3.05) is 0 Å². The third-order valence-electron chi connectivity index (χ3n) is 3.17. The van der Waals surface area contributed by atoms with Gasteiger partial charge < -0.3 is 4.90 Å². The van der Waals surface area contributed by atoms with Gasteiger partial charge in [-0.25, -0.2) is 4.99 Å². The van der Waals surface area contributed by atoms with Gasteiger partial charge in [0.15, 0.2) is 0 Å². The number of benzene rings is 1. The summed E-state index contributed by atoms with van der Waals surface area (Å²) in [6.07, 6.45) is 1.70. The molecule has 7 heteroatoms. The lowest BCUT2D eigenvalue weighted by Gasteiger charge is -2.28. The minimum atomic E-state index is -0.517. The van der Waals surface area contributed by atoms with Crippen LogP contribution in [0.15, 0.2) is 17.1 Å². The van der Waals surface area contributed by atoms with E-state index in [2.05, 4.69) is 10.3 Å².